The van der Waals surface area contributed by atoms with Crippen LogP contribution in [0.15, 0.2) is 36.4 Å². The van der Waals surface area contributed by atoms with Crippen LogP contribution in [0.3, 0.4) is 0 Å². The third-order valence-corrected chi connectivity index (χ3v) is 2.89. The largest absolute Gasteiger partial charge is 0.316 e. The number of rotatable bonds is 3. The Kier molecular flexibility index (Phi) is 3.94. The molecule has 4 heteroatoms. The van der Waals surface area contributed by atoms with E-state index in [1.165, 1.54) is 12.1 Å². The maximum absolute atomic E-state index is 13.8. The Morgan fingerprint density at radius 2 is 1.83 bits per heavy atom. The van der Waals surface area contributed by atoms with Crippen LogP contribution in [0.4, 0.5) is 8.78 Å². The third-order valence-electron chi connectivity index (χ3n) is 2.66. The number of hydrogen-bond acceptors (Lipinski definition) is 1. The molecule has 0 bridgehead atoms. The Morgan fingerprint density at radius 1 is 1.06 bits per heavy atom. The Morgan fingerprint density at radius 3 is 2.50 bits per heavy atom. The van der Waals surface area contributed by atoms with Crippen LogP contribution in [0.5, 0.6) is 0 Å². The molecule has 94 valence electrons. The minimum Gasteiger partial charge on any atom is -0.316 e. The second kappa shape index (κ2) is 5.46. The van der Waals surface area contributed by atoms with Crippen molar-refractivity contribution in [2.75, 3.05) is 7.05 Å². The van der Waals surface area contributed by atoms with Crippen LogP contribution in [0, 0.1) is 11.6 Å². The van der Waals surface area contributed by atoms with Gasteiger partial charge < -0.3 is 5.32 Å². The quantitative estimate of drug-likeness (QED) is 0.886. The maximum atomic E-state index is 13.8. The van der Waals surface area contributed by atoms with E-state index in [1.54, 1.807) is 31.3 Å². The lowest BCUT2D eigenvalue weighted by Crippen LogP contribution is -2.07. The van der Waals surface area contributed by atoms with Crippen molar-refractivity contribution >= 4 is 11.6 Å². The van der Waals surface area contributed by atoms with E-state index in [9.17, 15) is 8.78 Å². The molecule has 0 amide bonds. The number of nitrogens with one attached hydrogen (secondary N) is 1. The smallest absolute Gasteiger partial charge is 0.132 e. The van der Waals surface area contributed by atoms with E-state index in [1.807, 2.05) is 0 Å². The van der Waals surface area contributed by atoms with Crippen LogP contribution < -0.4 is 5.32 Å². The summed E-state index contributed by atoms with van der Waals surface area (Å²) in [7, 11) is 1.73. The van der Waals surface area contributed by atoms with E-state index in [-0.39, 0.29) is 5.82 Å². The highest BCUT2D eigenvalue weighted by atomic mass is 35.5. The summed E-state index contributed by atoms with van der Waals surface area (Å²) in [4.78, 5) is 0. The van der Waals surface area contributed by atoms with Crippen molar-refractivity contribution in [2.45, 2.75) is 6.54 Å². The number of benzene rings is 2. The van der Waals surface area contributed by atoms with Gasteiger partial charge in [-0.3, -0.25) is 0 Å². The van der Waals surface area contributed by atoms with E-state index < -0.39 is 5.82 Å². The van der Waals surface area contributed by atoms with Gasteiger partial charge in [0.1, 0.15) is 11.6 Å². The summed E-state index contributed by atoms with van der Waals surface area (Å²) in [6.07, 6.45) is 0. The first kappa shape index (κ1) is 13.0. The van der Waals surface area contributed by atoms with Crippen LogP contribution in [-0.2, 0) is 6.54 Å². The van der Waals surface area contributed by atoms with Crippen molar-refractivity contribution in [1.82, 2.24) is 5.32 Å². The van der Waals surface area contributed by atoms with Gasteiger partial charge in [0.05, 0.1) is 0 Å². The molecule has 0 aromatic heterocycles. The fourth-order valence-corrected chi connectivity index (χ4v) is 1.95. The Bertz CT molecular complexity index is 570. The van der Waals surface area contributed by atoms with Gasteiger partial charge in [-0.2, -0.15) is 0 Å². The highest BCUT2D eigenvalue weighted by molar-refractivity contribution is 6.30. The van der Waals surface area contributed by atoms with Crippen LogP contribution in [0.2, 0.25) is 5.02 Å². The van der Waals surface area contributed by atoms with Crippen molar-refractivity contribution in [3.05, 3.63) is 58.6 Å². The molecule has 2 rings (SSSR count). The molecule has 0 saturated carbocycles. The Hall–Kier alpha value is -1.45. The monoisotopic (exact) mass is 267 g/mol. The summed E-state index contributed by atoms with van der Waals surface area (Å²) in [5.74, 6) is -0.716. The molecule has 1 N–H and O–H groups in total. The van der Waals surface area contributed by atoms with Crippen molar-refractivity contribution in [2.24, 2.45) is 0 Å². The van der Waals surface area contributed by atoms with Crippen molar-refractivity contribution in [3.63, 3.8) is 0 Å². The molecule has 2 aromatic rings. The molecule has 18 heavy (non-hydrogen) atoms. The first-order valence-corrected chi connectivity index (χ1v) is 5.88. The fourth-order valence-electron chi connectivity index (χ4n) is 1.79. The van der Waals surface area contributed by atoms with E-state index >= 15 is 0 Å². The van der Waals surface area contributed by atoms with Crippen LogP contribution in [0.1, 0.15) is 5.56 Å². The topological polar surface area (TPSA) is 12.0 Å². The lowest BCUT2D eigenvalue weighted by Gasteiger charge is -2.08. The summed E-state index contributed by atoms with van der Waals surface area (Å²) >= 11 is 5.70. The molecule has 0 atom stereocenters. The third kappa shape index (κ3) is 2.68. The molecular weight excluding hydrogens is 256 g/mol. The standard InChI is InChI=1S/C14H12ClF2N/c1-18-8-10-6-9(2-5-13(10)16)12-4-3-11(15)7-14(12)17/h2-7,18H,8H2,1H3. The maximum Gasteiger partial charge on any atom is 0.132 e. The van der Waals surface area contributed by atoms with Crippen LogP contribution >= 0.6 is 11.6 Å². The first-order chi connectivity index (χ1) is 8.61. The molecule has 0 unspecified atom stereocenters. The first-order valence-electron chi connectivity index (χ1n) is 5.50. The second-order valence-electron chi connectivity index (χ2n) is 3.96. The lowest BCUT2D eigenvalue weighted by atomic mass is 10.0. The van der Waals surface area contributed by atoms with E-state index in [2.05, 4.69) is 5.32 Å². The van der Waals surface area contributed by atoms with Crippen molar-refractivity contribution in [1.29, 1.82) is 0 Å². The minimum absolute atomic E-state index is 0.303. The van der Waals surface area contributed by atoms with Gasteiger partial charge in [-0.15, -0.1) is 0 Å². The SMILES string of the molecule is CNCc1cc(-c2ccc(Cl)cc2F)ccc1F. The van der Waals surface area contributed by atoms with Gasteiger partial charge in [-0.05, 0) is 42.9 Å². The molecule has 0 aliphatic carbocycles. The average Bonchev–Trinajstić information content (AvgIpc) is 2.33. The van der Waals surface area contributed by atoms with Gasteiger partial charge in [-0.1, -0.05) is 17.7 Å². The molecular formula is C14H12ClF2N. The van der Waals surface area contributed by atoms with Gasteiger partial charge >= 0.3 is 0 Å². The minimum atomic E-state index is -0.412. The Labute approximate surface area is 109 Å². The molecule has 0 heterocycles. The van der Waals surface area contributed by atoms with Gasteiger partial charge in [0.15, 0.2) is 0 Å². The molecule has 0 aliphatic heterocycles. The summed E-state index contributed by atoms with van der Waals surface area (Å²) in [6, 6.07) is 8.99. The van der Waals surface area contributed by atoms with Crippen molar-refractivity contribution in [3.8, 4) is 11.1 Å². The predicted molar refractivity (Wildman–Crippen MR) is 69.6 cm³/mol. The molecule has 0 aliphatic rings. The van der Waals surface area contributed by atoms with Crippen LogP contribution in [0.25, 0.3) is 11.1 Å². The van der Waals surface area contributed by atoms with Crippen molar-refractivity contribution < 1.29 is 8.78 Å². The molecule has 1 nitrogen and oxygen atoms in total. The number of hydrogen-bond donors (Lipinski definition) is 1. The average molecular weight is 268 g/mol. The normalized spacial score (nSPS) is 10.7. The summed E-state index contributed by atoms with van der Waals surface area (Å²) < 4.78 is 27.2. The van der Waals surface area contributed by atoms with E-state index in [0.717, 1.165) is 0 Å². The second-order valence-corrected chi connectivity index (χ2v) is 4.40. The summed E-state index contributed by atoms with van der Waals surface area (Å²) in [5, 5.41) is 3.21. The summed E-state index contributed by atoms with van der Waals surface area (Å²) in [6.45, 7) is 0.398. The Balaban J connectivity index is 2.47. The van der Waals surface area contributed by atoms with Gasteiger partial charge in [0.25, 0.3) is 0 Å². The van der Waals surface area contributed by atoms with E-state index in [0.29, 0.717) is 28.3 Å². The fraction of sp³-hybridized carbons (Fsp3) is 0.143. The van der Waals surface area contributed by atoms with E-state index in [4.69, 9.17) is 11.6 Å². The highest BCUT2D eigenvalue weighted by Gasteiger charge is 2.08. The zero-order valence-electron chi connectivity index (χ0n) is 9.81. The molecule has 0 radical (unpaired) electrons. The summed E-state index contributed by atoms with van der Waals surface area (Å²) in [5.41, 5.74) is 1.55. The molecule has 0 fully saturated rings. The molecule has 0 saturated heterocycles. The van der Waals surface area contributed by atoms with Gasteiger partial charge in [0.2, 0.25) is 0 Å². The predicted octanol–water partition coefficient (Wildman–Crippen LogP) is 4.00. The highest BCUT2D eigenvalue weighted by Crippen LogP contribution is 2.26. The number of halogens is 3. The van der Waals surface area contributed by atoms with Gasteiger partial charge in [-0.25, -0.2) is 8.78 Å². The zero-order chi connectivity index (χ0) is 13.1. The van der Waals surface area contributed by atoms with Crippen LogP contribution in [-0.4, -0.2) is 7.05 Å². The van der Waals surface area contributed by atoms with Gasteiger partial charge in [0, 0.05) is 22.7 Å². The zero-order valence-corrected chi connectivity index (χ0v) is 10.6. The molecule has 2 aromatic carbocycles. The lowest BCUT2D eigenvalue weighted by molar-refractivity contribution is 0.600. The molecule has 0 spiro atoms.